The number of hydrogen-bond acceptors (Lipinski definition) is 7. The number of hydrogen-bond donors (Lipinski definition) is 3. The number of nitrogens with one attached hydrogen (secondary N) is 1. The Morgan fingerprint density at radius 2 is 1.98 bits per heavy atom. The maximum absolute atomic E-state index is 15.5. The normalized spacial score (nSPS) is 21.1. The molecule has 9 nitrogen and oxygen atoms in total. The number of thioether (sulfide) groups is 1. The molecule has 0 bridgehead atoms. The van der Waals surface area contributed by atoms with Crippen molar-refractivity contribution in [1.82, 2.24) is 19.8 Å². The number of rotatable bonds is 13. The zero-order valence-electron chi connectivity index (χ0n) is 26.4. The molecule has 3 aromatic rings. The summed E-state index contributed by atoms with van der Waals surface area (Å²) >= 11 is 1.82. The van der Waals surface area contributed by atoms with Crippen molar-refractivity contribution >= 4 is 34.6 Å². The minimum Gasteiger partial charge on any atom is -0.497 e. The van der Waals surface area contributed by atoms with Crippen LogP contribution in [0, 0.1) is 17.8 Å². The Hall–Kier alpha value is -3.15. The Kier molecular flexibility index (Phi) is 13.5. The molecule has 5 rings (SSSR count). The lowest BCUT2D eigenvalue weighted by Crippen LogP contribution is -2.42. The number of methoxy groups -OCH3 is 1. The van der Waals surface area contributed by atoms with Crippen LogP contribution in [0.25, 0.3) is 10.9 Å². The van der Waals surface area contributed by atoms with E-state index in [9.17, 15) is 14.7 Å². The SMILES string of the molecule is COc1ccc2nccc(C(F)CC[C@@H]3CCN(CCSc4cccn4C)C[C@@H]3CC(=O)O)c2c1.O=C(O)CC1CCCNC1. The highest BCUT2D eigenvalue weighted by molar-refractivity contribution is 7.99. The number of piperidine rings is 2. The number of aryl methyl sites for hydroxylation is 1. The lowest BCUT2D eigenvalue weighted by Gasteiger charge is -2.38. The van der Waals surface area contributed by atoms with Crippen molar-refractivity contribution in [2.75, 3.05) is 45.6 Å². The molecular formula is C34H47FN4O5S. The molecule has 246 valence electrons. The average Bonchev–Trinajstić information content (AvgIpc) is 3.44. The number of alkyl halides is 1. The van der Waals surface area contributed by atoms with E-state index < -0.39 is 18.1 Å². The van der Waals surface area contributed by atoms with Crippen molar-refractivity contribution < 1.29 is 28.9 Å². The van der Waals surface area contributed by atoms with Gasteiger partial charge in [-0.15, -0.1) is 11.8 Å². The van der Waals surface area contributed by atoms with Crippen LogP contribution < -0.4 is 10.1 Å². The number of carboxylic acid groups (broad SMARTS) is 2. The van der Waals surface area contributed by atoms with E-state index in [1.54, 1.807) is 19.4 Å². The number of ether oxygens (including phenoxy) is 1. The number of aliphatic carboxylic acids is 2. The molecule has 11 heteroatoms. The van der Waals surface area contributed by atoms with Gasteiger partial charge in [0.15, 0.2) is 0 Å². The summed E-state index contributed by atoms with van der Waals surface area (Å²) in [7, 11) is 3.64. The fourth-order valence-electron chi connectivity index (χ4n) is 6.48. The highest BCUT2D eigenvalue weighted by Gasteiger charge is 2.31. The van der Waals surface area contributed by atoms with E-state index in [0.29, 0.717) is 36.5 Å². The third-order valence-corrected chi connectivity index (χ3v) is 10.0. The molecule has 4 heterocycles. The molecule has 2 fully saturated rings. The largest absolute Gasteiger partial charge is 0.497 e. The first-order valence-electron chi connectivity index (χ1n) is 15.9. The summed E-state index contributed by atoms with van der Waals surface area (Å²) in [6.45, 7) is 4.55. The van der Waals surface area contributed by atoms with Crippen LogP contribution in [0.4, 0.5) is 4.39 Å². The van der Waals surface area contributed by atoms with Crippen molar-refractivity contribution in [3.05, 3.63) is 54.4 Å². The van der Waals surface area contributed by atoms with E-state index in [4.69, 9.17) is 9.84 Å². The van der Waals surface area contributed by atoms with E-state index in [1.165, 1.54) is 5.03 Å². The van der Waals surface area contributed by atoms with E-state index >= 15 is 4.39 Å². The van der Waals surface area contributed by atoms with Gasteiger partial charge in [-0.1, -0.05) is 0 Å². The predicted octanol–water partition coefficient (Wildman–Crippen LogP) is 6.04. The van der Waals surface area contributed by atoms with Crippen molar-refractivity contribution in [3.63, 3.8) is 0 Å². The van der Waals surface area contributed by atoms with Crippen LogP contribution in [0.5, 0.6) is 5.75 Å². The zero-order valence-corrected chi connectivity index (χ0v) is 27.2. The minimum absolute atomic E-state index is 0.0442. The summed E-state index contributed by atoms with van der Waals surface area (Å²) in [5.41, 5.74) is 1.37. The Balaban J connectivity index is 0.000000392. The number of carbonyl (C=O) groups is 2. The Morgan fingerprint density at radius 1 is 1.16 bits per heavy atom. The summed E-state index contributed by atoms with van der Waals surface area (Å²) in [4.78, 5) is 28.5. The second-order valence-electron chi connectivity index (χ2n) is 12.2. The lowest BCUT2D eigenvalue weighted by atomic mass is 9.79. The third-order valence-electron chi connectivity index (χ3n) is 8.94. The monoisotopic (exact) mass is 642 g/mol. The van der Waals surface area contributed by atoms with Gasteiger partial charge >= 0.3 is 11.9 Å². The third kappa shape index (κ3) is 10.7. The van der Waals surface area contributed by atoms with Crippen LogP contribution in [0.2, 0.25) is 0 Å². The Morgan fingerprint density at radius 3 is 2.67 bits per heavy atom. The number of halogens is 1. The predicted molar refractivity (Wildman–Crippen MR) is 176 cm³/mol. The van der Waals surface area contributed by atoms with Crippen LogP contribution in [0.3, 0.4) is 0 Å². The highest BCUT2D eigenvalue weighted by atomic mass is 32.2. The van der Waals surface area contributed by atoms with E-state index in [2.05, 4.69) is 25.8 Å². The Labute approximate surface area is 269 Å². The van der Waals surface area contributed by atoms with Crippen LogP contribution >= 0.6 is 11.8 Å². The summed E-state index contributed by atoms with van der Waals surface area (Å²) < 4.78 is 22.9. The zero-order chi connectivity index (χ0) is 32.2. The molecule has 0 radical (unpaired) electrons. The Bertz CT molecular complexity index is 1380. The lowest BCUT2D eigenvalue weighted by molar-refractivity contribution is -0.139. The van der Waals surface area contributed by atoms with Crippen LogP contribution in [-0.2, 0) is 16.6 Å². The van der Waals surface area contributed by atoms with Crippen molar-refractivity contribution in [2.24, 2.45) is 24.8 Å². The number of nitrogens with zero attached hydrogens (tertiary/aromatic N) is 3. The summed E-state index contributed by atoms with van der Waals surface area (Å²) in [6, 6.07) is 11.4. The topological polar surface area (TPSA) is 117 Å². The van der Waals surface area contributed by atoms with Crippen molar-refractivity contribution in [3.8, 4) is 5.75 Å². The van der Waals surface area contributed by atoms with E-state index in [1.807, 2.05) is 49.3 Å². The summed E-state index contributed by atoms with van der Waals surface area (Å²) in [6.07, 6.45) is 7.18. The second kappa shape index (κ2) is 17.5. The second-order valence-corrected chi connectivity index (χ2v) is 13.3. The first-order chi connectivity index (χ1) is 21.7. The molecule has 2 aliphatic heterocycles. The quantitative estimate of drug-likeness (QED) is 0.192. The van der Waals surface area contributed by atoms with Gasteiger partial charge in [-0.05, 0) is 111 Å². The number of fused-ring (bicyclic) bond motifs is 1. The summed E-state index contributed by atoms with van der Waals surface area (Å²) in [5, 5.41) is 23.1. The van der Waals surface area contributed by atoms with Crippen LogP contribution in [0.1, 0.15) is 56.7 Å². The van der Waals surface area contributed by atoms with Crippen molar-refractivity contribution in [2.45, 2.75) is 56.1 Å². The molecule has 45 heavy (non-hydrogen) atoms. The molecule has 0 spiro atoms. The van der Waals surface area contributed by atoms with Gasteiger partial charge in [0.25, 0.3) is 0 Å². The number of aromatic nitrogens is 2. The number of carboxylic acids is 2. The molecule has 2 aromatic heterocycles. The molecule has 4 atom stereocenters. The van der Waals surface area contributed by atoms with Gasteiger partial charge < -0.3 is 29.7 Å². The molecule has 0 aliphatic carbocycles. The molecule has 2 aliphatic rings. The molecule has 2 saturated heterocycles. The first kappa shape index (κ1) is 34.7. The van der Waals surface area contributed by atoms with Gasteiger partial charge in [0.2, 0.25) is 0 Å². The molecule has 1 aromatic carbocycles. The summed E-state index contributed by atoms with van der Waals surface area (Å²) in [5.74, 6) is 0.821. The number of pyridine rings is 1. The van der Waals surface area contributed by atoms with Gasteiger partial charge in [-0.2, -0.15) is 0 Å². The molecule has 2 unspecified atom stereocenters. The van der Waals surface area contributed by atoms with E-state index in [0.717, 1.165) is 68.6 Å². The van der Waals surface area contributed by atoms with Gasteiger partial charge in [0.1, 0.15) is 11.9 Å². The van der Waals surface area contributed by atoms with Gasteiger partial charge in [-0.3, -0.25) is 14.6 Å². The van der Waals surface area contributed by atoms with Crippen LogP contribution in [-0.4, -0.2) is 82.2 Å². The van der Waals surface area contributed by atoms with Crippen molar-refractivity contribution in [1.29, 1.82) is 0 Å². The van der Waals surface area contributed by atoms with Crippen LogP contribution in [0.15, 0.2) is 53.8 Å². The minimum atomic E-state index is -1.13. The maximum Gasteiger partial charge on any atom is 0.303 e. The first-order valence-corrected chi connectivity index (χ1v) is 16.9. The average molecular weight is 643 g/mol. The highest BCUT2D eigenvalue weighted by Crippen LogP contribution is 2.36. The number of benzene rings is 1. The fraction of sp³-hybridized carbons (Fsp3) is 0.559. The standard InChI is InChI=1S/C27H34FN3O3S.C7H13NO2/c1-30-12-3-4-26(30)35-15-14-31-13-10-19(20(18-31)16-27(32)33)5-7-24(28)22-9-11-29-25-8-6-21(34-2)17-23(22)25;9-7(10)4-6-2-1-3-8-5-6/h3-4,6,8-9,11-12,17,19-20,24H,5,7,10,13-16,18H2,1-2H3,(H,32,33);6,8H,1-5H2,(H,9,10)/t19-,20+,24?;/m1./s1. The van der Waals surface area contributed by atoms with Gasteiger partial charge in [0, 0.05) is 56.5 Å². The maximum atomic E-state index is 15.5. The van der Waals surface area contributed by atoms with Gasteiger partial charge in [-0.25, -0.2) is 4.39 Å². The molecule has 0 saturated carbocycles. The molecule has 3 N–H and O–H groups in total. The number of likely N-dealkylation sites (tertiary alicyclic amines) is 1. The smallest absolute Gasteiger partial charge is 0.303 e. The molecule has 0 amide bonds. The molecular weight excluding hydrogens is 595 g/mol. The fourth-order valence-corrected chi connectivity index (χ4v) is 7.48. The van der Waals surface area contributed by atoms with Gasteiger partial charge in [0.05, 0.1) is 17.7 Å². The van der Waals surface area contributed by atoms with E-state index in [-0.39, 0.29) is 18.3 Å².